The fraction of sp³-hybridized carbons (Fsp3) is 0.500. The van der Waals surface area contributed by atoms with E-state index in [1.807, 2.05) is 20.8 Å². The maximum atomic E-state index is 12.2. The topological polar surface area (TPSA) is 98.7 Å². The molecule has 0 bridgehead atoms. The molecule has 0 radical (unpaired) electrons. The first-order valence-corrected chi connectivity index (χ1v) is 8.21. The fourth-order valence-corrected chi connectivity index (χ4v) is 2.52. The van der Waals surface area contributed by atoms with Gasteiger partial charge in [-0.05, 0) is 51.8 Å². The Morgan fingerprint density at radius 2 is 2.04 bits per heavy atom. The Bertz CT molecular complexity index is 837. The fourth-order valence-electron chi connectivity index (χ4n) is 2.52. The summed E-state index contributed by atoms with van der Waals surface area (Å²) in [6.07, 6.45) is 0.844. The van der Waals surface area contributed by atoms with Crippen molar-refractivity contribution in [2.24, 2.45) is 0 Å². The van der Waals surface area contributed by atoms with Crippen LogP contribution in [-0.2, 0) is 9.53 Å². The molecule has 0 amide bonds. The summed E-state index contributed by atoms with van der Waals surface area (Å²) in [7, 11) is 1.76. The Morgan fingerprint density at radius 1 is 1.36 bits per heavy atom. The average molecular weight is 347 g/mol. The summed E-state index contributed by atoms with van der Waals surface area (Å²) >= 11 is 0. The molecule has 1 aromatic heterocycles. The highest BCUT2D eigenvalue weighted by atomic mass is 16.6. The van der Waals surface area contributed by atoms with E-state index in [-0.39, 0.29) is 18.4 Å². The second kappa shape index (κ2) is 7.13. The van der Waals surface area contributed by atoms with Gasteiger partial charge in [0.1, 0.15) is 5.60 Å². The van der Waals surface area contributed by atoms with E-state index in [0.717, 1.165) is 5.56 Å². The first-order valence-electron chi connectivity index (χ1n) is 8.21. The van der Waals surface area contributed by atoms with E-state index in [4.69, 9.17) is 14.9 Å². The second-order valence-corrected chi connectivity index (χ2v) is 7.13. The number of hydrogen-bond acceptors (Lipinski definition) is 7. The van der Waals surface area contributed by atoms with Crippen molar-refractivity contribution in [2.45, 2.75) is 46.1 Å². The highest BCUT2D eigenvalue weighted by molar-refractivity contribution is 5.84. The molecule has 0 aliphatic heterocycles. The normalized spacial score (nSPS) is 11.6. The number of ether oxygens (including phenoxy) is 1. The number of anilines is 2. The molecule has 7 heteroatoms. The van der Waals surface area contributed by atoms with Crippen molar-refractivity contribution in [3.05, 3.63) is 28.1 Å². The first kappa shape index (κ1) is 18.8. The van der Waals surface area contributed by atoms with Crippen LogP contribution in [0.4, 0.5) is 11.7 Å². The van der Waals surface area contributed by atoms with Gasteiger partial charge in [0.15, 0.2) is 0 Å². The van der Waals surface area contributed by atoms with Crippen molar-refractivity contribution in [2.75, 3.05) is 24.2 Å². The molecule has 0 unspecified atom stereocenters. The van der Waals surface area contributed by atoms with Crippen LogP contribution in [-0.4, -0.2) is 30.1 Å². The van der Waals surface area contributed by atoms with E-state index in [1.54, 1.807) is 31.0 Å². The Morgan fingerprint density at radius 3 is 2.68 bits per heavy atom. The number of aryl methyl sites for hydroxylation is 1. The molecule has 0 spiro atoms. The van der Waals surface area contributed by atoms with Crippen molar-refractivity contribution in [3.8, 4) is 0 Å². The molecule has 7 nitrogen and oxygen atoms in total. The number of fused-ring (bicyclic) bond motifs is 1. The van der Waals surface area contributed by atoms with Crippen LogP contribution in [0.2, 0.25) is 0 Å². The lowest BCUT2D eigenvalue weighted by molar-refractivity contribution is -0.154. The van der Waals surface area contributed by atoms with E-state index in [0.29, 0.717) is 29.6 Å². The number of hydrogen-bond donors (Lipinski definition) is 1. The number of benzene rings is 1. The Kier molecular flexibility index (Phi) is 5.35. The van der Waals surface area contributed by atoms with E-state index < -0.39 is 11.2 Å². The number of carbonyl (C=O) groups is 1. The minimum Gasteiger partial charge on any atom is -0.460 e. The van der Waals surface area contributed by atoms with Gasteiger partial charge < -0.3 is 19.8 Å². The third-order valence-electron chi connectivity index (χ3n) is 3.56. The van der Waals surface area contributed by atoms with Gasteiger partial charge in [0, 0.05) is 25.7 Å². The van der Waals surface area contributed by atoms with Crippen LogP contribution in [0.5, 0.6) is 0 Å². The van der Waals surface area contributed by atoms with Crippen molar-refractivity contribution in [1.82, 2.24) is 4.98 Å². The smallest absolute Gasteiger partial charge is 0.348 e. The highest BCUT2D eigenvalue weighted by Crippen LogP contribution is 2.20. The Hall–Kier alpha value is -2.57. The number of esters is 1. The maximum absolute atomic E-state index is 12.2. The Balaban J connectivity index is 2.08. The molecule has 2 N–H and O–H groups in total. The third kappa shape index (κ3) is 4.95. The van der Waals surface area contributed by atoms with Gasteiger partial charge in [-0.3, -0.25) is 4.79 Å². The standard InChI is InChI=1S/C18H25N3O4/c1-11-9-12(19)10-13-15(11)16(23)24-17(20-13)21(5)8-6-7-14(22)25-18(2,3)4/h9-10H,6-8,19H2,1-5H3. The summed E-state index contributed by atoms with van der Waals surface area (Å²) in [5.74, 6) is -0.253. The van der Waals surface area contributed by atoms with Crippen molar-refractivity contribution in [1.29, 1.82) is 0 Å². The number of carbonyl (C=O) groups excluding carboxylic acids is 1. The van der Waals surface area contributed by atoms with Gasteiger partial charge in [-0.25, -0.2) is 4.79 Å². The molecule has 136 valence electrons. The van der Waals surface area contributed by atoms with E-state index >= 15 is 0 Å². The van der Waals surface area contributed by atoms with Gasteiger partial charge in [-0.15, -0.1) is 0 Å². The maximum Gasteiger partial charge on any atom is 0.348 e. The molecular weight excluding hydrogens is 322 g/mol. The molecule has 2 aromatic rings. The van der Waals surface area contributed by atoms with Crippen molar-refractivity contribution in [3.63, 3.8) is 0 Å². The molecule has 1 heterocycles. The SMILES string of the molecule is Cc1cc(N)cc2nc(N(C)CCCC(=O)OC(C)(C)C)oc(=O)c12. The molecule has 2 rings (SSSR count). The quantitative estimate of drug-likeness (QED) is 0.655. The van der Waals surface area contributed by atoms with Crippen LogP contribution >= 0.6 is 0 Å². The summed E-state index contributed by atoms with van der Waals surface area (Å²) in [4.78, 5) is 30.0. The zero-order chi connectivity index (χ0) is 18.8. The predicted molar refractivity (Wildman–Crippen MR) is 97.8 cm³/mol. The van der Waals surface area contributed by atoms with Gasteiger partial charge in [-0.1, -0.05) is 0 Å². The zero-order valence-electron chi connectivity index (χ0n) is 15.4. The summed E-state index contributed by atoms with van der Waals surface area (Å²) in [6, 6.07) is 3.56. The van der Waals surface area contributed by atoms with Gasteiger partial charge in [-0.2, -0.15) is 4.98 Å². The molecule has 0 atom stereocenters. The molecule has 0 saturated carbocycles. The lowest BCUT2D eigenvalue weighted by Crippen LogP contribution is -2.26. The number of nitrogens with zero attached hydrogens (tertiary/aromatic N) is 2. The van der Waals surface area contributed by atoms with Crippen LogP contribution in [0.25, 0.3) is 10.9 Å². The average Bonchev–Trinajstić information content (AvgIpc) is 2.43. The molecule has 0 saturated heterocycles. The molecule has 25 heavy (non-hydrogen) atoms. The predicted octanol–water partition coefficient (Wildman–Crippen LogP) is 2.64. The summed E-state index contributed by atoms with van der Waals surface area (Å²) in [6.45, 7) is 7.79. The molecule has 0 aliphatic rings. The van der Waals surface area contributed by atoms with Gasteiger partial charge in [0.2, 0.25) is 0 Å². The van der Waals surface area contributed by atoms with Crippen LogP contribution < -0.4 is 16.3 Å². The Labute approximate surface area is 146 Å². The number of rotatable bonds is 5. The molecule has 0 fully saturated rings. The minimum absolute atomic E-state index is 0.201. The van der Waals surface area contributed by atoms with Gasteiger partial charge >= 0.3 is 11.6 Å². The molecular formula is C18H25N3O4. The molecule has 0 aliphatic carbocycles. The minimum atomic E-state index is -0.493. The zero-order valence-corrected chi connectivity index (χ0v) is 15.4. The van der Waals surface area contributed by atoms with E-state index in [2.05, 4.69) is 4.98 Å². The van der Waals surface area contributed by atoms with Crippen LogP contribution in [0, 0.1) is 6.92 Å². The third-order valence-corrected chi connectivity index (χ3v) is 3.56. The van der Waals surface area contributed by atoms with Crippen molar-refractivity contribution >= 4 is 28.6 Å². The monoisotopic (exact) mass is 347 g/mol. The van der Waals surface area contributed by atoms with Gasteiger partial charge in [0.05, 0.1) is 10.9 Å². The van der Waals surface area contributed by atoms with Crippen LogP contribution in [0.1, 0.15) is 39.2 Å². The highest BCUT2D eigenvalue weighted by Gasteiger charge is 2.17. The van der Waals surface area contributed by atoms with Gasteiger partial charge in [0.25, 0.3) is 6.01 Å². The van der Waals surface area contributed by atoms with E-state index in [1.165, 1.54) is 0 Å². The first-order chi connectivity index (χ1) is 11.6. The second-order valence-electron chi connectivity index (χ2n) is 7.13. The number of nitrogens with two attached hydrogens (primary N) is 1. The lowest BCUT2D eigenvalue weighted by atomic mass is 10.1. The van der Waals surface area contributed by atoms with E-state index in [9.17, 15) is 9.59 Å². The number of aromatic nitrogens is 1. The summed E-state index contributed by atoms with van der Waals surface area (Å²) in [5, 5.41) is 0.431. The largest absolute Gasteiger partial charge is 0.460 e. The van der Waals surface area contributed by atoms with Crippen LogP contribution in [0.15, 0.2) is 21.3 Å². The lowest BCUT2D eigenvalue weighted by Gasteiger charge is -2.20. The summed E-state index contributed by atoms with van der Waals surface area (Å²) < 4.78 is 10.6. The molecule has 1 aromatic carbocycles. The van der Waals surface area contributed by atoms with Crippen molar-refractivity contribution < 1.29 is 13.9 Å². The summed E-state index contributed by atoms with van der Waals surface area (Å²) in [5.41, 5.74) is 6.66. The number of nitrogen functional groups attached to an aromatic ring is 1. The van der Waals surface area contributed by atoms with Crippen LogP contribution in [0.3, 0.4) is 0 Å².